The van der Waals surface area contributed by atoms with Crippen molar-refractivity contribution in [3.05, 3.63) is 59.5 Å². The molecule has 0 bridgehead atoms. The van der Waals surface area contributed by atoms with Crippen LogP contribution in [0.15, 0.2) is 42.6 Å². The normalized spacial score (nSPS) is 15.1. The fraction of sp³-hybridized carbons (Fsp3) is 0.452. The Bertz CT molecular complexity index is 1490. The standard InChI is InChI=1S/C31H39F3N8O3/c1-5-20-19-41(30(44)22-10-13-25(36-6-2)40-27(22)31(32,33)34)17-18-42(20)24-12-11-23(21-9-8-14-38-29(21)45-7-3)39-26(24)28(43)37-16-15-35-4/h8-14,20,35H,5-7,15-19H2,1-4H3,(H,36,40)(H,37,43)/t20-/m1/s1. The lowest BCUT2D eigenvalue weighted by Gasteiger charge is -2.43. The van der Waals surface area contributed by atoms with E-state index in [-0.39, 0.29) is 43.1 Å². The highest BCUT2D eigenvalue weighted by atomic mass is 19.4. The number of nitrogens with zero attached hydrogens (tertiary/aromatic N) is 5. The first kappa shape index (κ1) is 33.4. The van der Waals surface area contributed by atoms with Gasteiger partial charge in [0.25, 0.3) is 11.8 Å². The Morgan fingerprint density at radius 2 is 1.84 bits per heavy atom. The second-order valence-electron chi connectivity index (χ2n) is 10.3. The molecule has 1 saturated heterocycles. The van der Waals surface area contributed by atoms with Gasteiger partial charge in [-0.2, -0.15) is 13.2 Å². The van der Waals surface area contributed by atoms with Gasteiger partial charge in [0.1, 0.15) is 5.82 Å². The van der Waals surface area contributed by atoms with E-state index in [4.69, 9.17) is 9.72 Å². The number of likely N-dealkylation sites (N-methyl/N-ethyl adjacent to an activating group) is 1. The molecule has 0 aromatic carbocycles. The molecule has 242 valence electrons. The minimum Gasteiger partial charge on any atom is -0.477 e. The number of halogens is 3. The number of nitrogens with one attached hydrogen (secondary N) is 3. The SMILES string of the molecule is CCNc1ccc(C(=O)N2CCN(c3ccc(-c4cccnc4OCC)nc3C(=O)NCCNC)[C@H](CC)C2)c(C(F)(F)F)n1. The van der Waals surface area contributed by atoms with Crippen LogP contribution in [0.5, 0.6) is 5.88 Å². The van der Waals surface area contributed by atoms with Crippen molar-refractivity contribution in [3.63, 3.8) is 0 Å². The number of rotatable bonds is 12. The Hall–Kier alpha value is -4.46. The van der Waals surface area contributed by atoms with E-state index >= 15 is 0 Å². The van der Waals surface area contributed by atoms with Gasteiger partial charge in [0.2, 0.25) is 5.88 Å². The van der Waals surface area contributed by atoms with Gasteiger partial charge in [-0.05, 0) is 63.7 Å². The third-order valence-electron chi connectivity index (χ3n) is 7.38. The lowest BCUT2D eigenvalue weighted by Crippen LogP contribution is -2.55. The molecule has 1 fully saturated rings. The molecule has 0 saturated carbocycles. The summed E-state index contributed by atoms with van der Waals surface area (Å²) in [6.07, 6.45) is -2.63. The molecule has 0 unspecified atom stereocenters. The number of piperazine rings is 1. The van der Waals surface area contributed by atoms with Crippen molar-refractivity contribution >= 4 is 23.3 Å². The maximum Gasteiger partial charge on any atom is 0.434 e. The number of hydrogen-bond donors (Lipinski definition) is 3. The minimum atomic E-state index is -4.80. The van der Waals surface area contributed by atoms with Crippen LogP contribution in [0.2, 0.25) is 0 Å². The molecule has 1 aliphatic heterocycles. The van der Waals surface area contributed by atoms with E-state index < -0.39 is 23.3 Å². The van der Waals surface area contributed by atoms with Gasteiger partial charge < -0.3 is 30.5 Å². The van der Waals surface area contributed by atoms with Crippen LogP contribution in [0.4, 0.5) is 24.7 Å². The summed E-state index contributed by atoms with van der Waals surface area (Å²) in [7, 11) is 1.78. The molecule has 0 spiro atoms. The van der Waals surface area contributed by atoms with Crippen LogP contribution in [0.1, 0.15) is 53.7 Å². The maximum absolute atomic E-state index is 13.9. The second-order valence-corrected chi connectivity index (χ2v) is 10.3. The summed E-state index contributed by atoms with van der Waals surface area (Å²) >= 11 is 0. The van der Waals surface area contributed by atoms with Crippen molar-refractivity contribution in [2.45, 2.75) is 39.4 Å². The van der Waals surface area contributed by atoms with Crippen LogP contribution in [0.3, 0.4) is 0 Å². The molecule has 4 rings (SSSR count). The Balaban J connectivity index is 1.66. The van der Waals surface area contributed by atoms with Gasteiger partial charge in [-0.1, -0.05) is 6.92 Å². The van der Waals surface area contributed by atoms with Gasteiger partial charge in [0, 0.05) is 51.5 Å². The molecular weight excluding hydrogens is 589 g/mol. The van der Waals surface area contributed by atoms with E-state index in [1.807, 2.05) is 30.9 Å². The van der Waals surface area contributed by atoms with Crippen molar-refractivity contribution in [1.82, 2.24) is 30.5 Å². The monoisotopic (exact) mass is 628 g/mol. The molecule has 3 aromatic rings. The number of pyridine rings is 3. The van der Waals surface area contributed by atoms with Crippen molar-refractivity contribution < 1.29 is 27.5 Å². The number of carbonyl (C=O) groups is 2. The van der Waals surface area contributed by atoms with Crippen molar-refractivity contribution in [2.24, 2.45) is 0 Å². The lowest BCUT2D eigenvalue weighted by molar-refractivity contribution is -0.141. The molecule has 3 aromatic heterocycles. The maximum atomic E-state index is 13.9. The lowest BCUT2D eigenvalue weighted by atomic mass is 10.0. The van der Waals surface area contributed by atoms with E-state index in [1.165, 1.54) is 17.0 Å². The summed E-state index contributed by atoms with van der Waals surface area (Å²) in [5.74, 6) is -0.672. The summed E-state index contributed by atoms with van der Waals surface area (Å²) in [5.41, 5.74) is 0.175. The number of ether oxygens (including phenoxy) is 1. The molecule has 45 heavy (non-hydrogen) atoms. The van der Waals surface area contributed by atoms with Gasteiger partial charge >= 0.3 is 6.18 Å². The fourth-order valence-corrected chi connectivity index (χ4v) is 5.23. The zero-order valence-electron chi connectivity index (χ0n) is 25.9. The third-order valence-corrected chi connectivity index (χ3v) is 7.38. The molecule has 1 atom stereocenters. The molecule has 3 N–H and O–H groups in total. The van der Waals surface area contributed by atoms with Gasteiger partial charge in [-0.25, -0.2) is 15.0 Å². The summed E-state index contributed by atoms with van der Waals surface area (Å²) in [5, 5.41) is 8.65. The predicted octanol–water partition coefficient (Wildman–Crippen LogP) is 4.08. The summed E-state index contributed by atoms with van der Waals surface area (Å²) < 4.78 is 47.5. The highest BCUT2D eigenvalue weighted by Gasteiger charge is 2.40. The first-order valence-electron chi connectivity index (χ1n) is 15.0. The second kappa shape index (κ2) is 15.0. The zero-order chi connectivity index (χ0) is 32.6. The van der Waals surface area contributed by atoms with Crippen LogP contribution in [0.25, 0.3) is 11.3 Å². The molecule has 1 aliphatic rings. The largest absolute Gasteiger partial charge is 0.477 e. The van der Waals surface area contributed by atoms with Gasteiger partial charge in [-0.15, -0.1) is 0 Å². The molecule has 2 amide bonds. The van der Waals surface area contributed by atoms with Crippen LogP contribution in [-0.4, -0.2) is 90.6 Å². The fourth-order valence-electron chi connectivity index (χ4n) is 5.23. The van der Waals surface area contributed by atoms with E-state index in [9.17, 15) is 22.8 Å². The molecular formula is C31H39F3N8O3. The van der Waals surface area contributed by atoms with Crippen molar-refractivity contribution in [2.75, 3.05) is 63.1 Å². The number of aromatic nitrogens is 3. The van der Waals surface area contributed by atoms with Crippen molar-refractivity contribution in [3.8, 4) is 17.1 Å². The topological polar surface area (TPSA) is 125 Å². The third kappa shape index (κ3) is 7.80. The number of hydrogen-bond acceptors (Lipinski definition) is 9. The van der Waals surface area contributed by atoms with Crippen LogP contribution in [-0.2, 0) is 6.18 Å². The van der Waals surface area contributed by atoms with E-state index in [0.29, 0.717) is 55.5 Å². The van der Waals surface area contributed by atoms with Crippen LogP contribution < -0.4 is 25.6 Å². The van der Waals surface area contributed by atoms with Crippen LogP contribution >= 0.6 is 0 Å². The predicted molar refractivity (Wildman–Crippen MR) is 166 cm³/mol. The Morgan fingerprint density at radius 3 is 2.53 bits per heavy atom. The smallest absolute Gasteiger partial charge is 0.434 e. The van der Waals surface area contributed by atoms with E-state index in [1.54, 1.807) is 32.3 Å². The van der Waals surface area contributed by atoms with Crippen molar-refractivity contribution in [1.29, 1.82) is 0 Å². The summed E-state index contributed by atoms with van der Waals surface area (Å²) in [6.45, 7) is 7.82. The number of alkyl halides is 3. The average Bonchev–Trinajstić information content (AvgIpc) is 3.04. The number of anilines is 2. The van der Waals surface area contributed by atoms with E-state index in [0.717, 1.165) is 0 Å². The van der Waals surface area contributed by atoms with Gasteiger partial charge in [0.15, 0.2) is 11.4 Å². The highest BCUT2D eigenvalue weighted by Crippen LogP contribution is 2.34. The summed E-state index contributed by atoms with van der Waals surface area (Å²) in [6, 6.07) is 9.44. The highest BCUT2D eigenvalue weighted by molar-refractivity contribution is 5.99. The van der Waals surface area contributed by atoms with E-state index in [2.05, 4.69) is 25.9 Å². The van der Waals surface area contributed by atoms with Gasteiger partial charge in [0.05, 0.1) is 29.1 Å². The number of carbonyl (C=O) groups excluding carboxylic acids is 2. The zero-order valence-corrected chi connectivity index (χ0v) is 25.9. The van der Waals surface area contributed by atoms with Crippen LogP contribution in [0, 0.1) is 0 Å². The molecule has 0 radical (unpaired) electrons. The Morgan fingerprint density at radius 1 is 1.04 bits per heavy atom. The Labute approximate surface area is 260 Å². The quantitative estimate of drug-likeness (QED) is 0.255. The minimum absolute atomic E-state index is 0.0498. The first-order chi connectivity index (χ1) is 21.6. The molecule has 11 nitrogen and oxygen atoms in total. The molecule has 0 aliphatic carbocycles. The molecule has 4 heterocycles. The first-order valence-corrected chi connectivity index (χ1v) is 15.0. The average molecular weight is 629 g/mol. The summed E-state index contributed by atoms with van der Waals surface area (Å²) in [4.78, 5) is 43.2. The Kier molecular flexibility index (Phi) is 11.2. The molecule has 14 heteroatoms. The number of amides is 2. The van der Waals surface area contributed by atoms with Gasteiger partial charge in [-0.3, -0.25) is 9.59 Å².